The minimum Gasteiger partial charge on any atom is -0.462 e. The van der Waals surface area contributed by atoms with E-state index >= 15 is 0 Å². The number of carbonyl (C=O) groups is 3. The monoisotopic (exact) mass is 650 g/mol. The average Bonchev–Trinajstić information content (AvgIpc) is 3.45. The number of fused-ring (bicyclic) bond motifs is 1. The van der Waals surface area contributed by atoms with Crippen molar-refractivity contribution in [2.75, 3.05) is 35.7 Å². The van der Waals surface area contributed by atoms with Gasteiger partial charge in [-0.1, -0.05) is 97.1 Å². The molecule has 8 nitrogen and oxygen atoms in total. The number of nitrogens with one attached hydrogen (secondary N) is 2. The number of anilines is 3. The van der Waals surface area contributed by atoms with Crippen LogP contribution in [0, 0.1) is 0 Å². The van der Waals surface area contributed by atoms with Gasteiger partial charge < -0.3 is 20.3 Å². The molecule has 1 aliphatic heterocycles. The zero-order valence-corrected chi connectivity index (χ0v) is 27.6. The average molecular weight is 651 g/mol. The van der Waals surface area contributed by atoms with Gasteiger partial charge in [-0.2, -0.15) is 0 Å². The summed E-state index contributed by atoms with van der Waals surface area (Å²) in [6, 6.07) is 42.4. The lowest BCUT2D eigenvalue weighted by Gasteiger charge is -2.26. The standard InChI is InChI=1S/C41H38N4O4/c1-3-49-41(48)32-19-24-35-36(25-32)43-40(47)38(35)39(31-17-11-6-12-18-31)42-33-20-22-34(23-21-33)45(27-30-15-9-5-10-16-30)37(46)28-44(2)26-29-13-7-4-8-14-29/h4-25,42H,3,26-28H2,1-2H3,(H,43,47). The molecule has 0 aromatic heterocycles. The third kappa shape index (κ3) is 7.94. The molecule has 49 heavy (non-hydrogen) atoms. The first-order valence-corrected chi connectivity index (χ1v) is 16.3. The van der Waals surface area contributed by atoms with E-state index in [1.807, 2.05) is 115 Å². The summed E-state index contributed by atoms with van der Waals surface area (Å²) < 4.78 is 5.15. The van der Waals surface area contributed by atoms with E-state index in [0.29, 0.717) is 41.2 Å². The molecule has 5 aromatic carbocycles. The van der Waals surface area contributed by atoms with Gasteiger partial charge in [-0.05, 0) is 67.1 Å². The Labute approximate surface area is 286 Å². The Morgan fingerprint density at radius 3 is 1.98 bits per heavy atom. The minimum absolute atomic E-state index is 0.0171. The molecule has 0 radical (unpaired) electrons. The number of esters is 1. The molecule has 1 aliphatic rings. The maximum absolute atomic E-state index is 13.8. The van der Waals surface area contributed by atoms with Crippen LogP contribution in [0.1, 0.15) is 39.5 Å². The second-order valence-electron chi connectivity index (χ2n) is 11.8. The molecule has 6 rings (SSSR count). The van der Waals surface area contributed by atoms with E-state index in [1.165, 1.54) is 0 Å². The SMILES string of the molecule is CCOC(=O)c1ccc2c(c1)NC(=O)C2=C(Nc1ccc(N(Cc2ccccc2)C(=O)CN(C)Cc2ccccc2)cc1)c1ccccc1. The number of ether oxygens (including phenoxy) is 1. The number of nitrogens with zero attached hydrogens (tertiary/aromatic N) is 2. The van der Waals surface area contributed by atoms with E-state index in [4.69, 9.17) is 4.74 Å². The summed E-state index contributed by atoms with van der Waals surface area (Å²) in [6.07, 6.45) is 0. The molecule has 0 bridgehead atoms. The van der Waals surface area contributed by atoms with Crippen molar-refractivity contribution in [3.63, 3.8) is 0 Å². The van der Waals surface area contributed by atoms with Crippen molar-refractivity contribution in [2.45, 2.75) is 20.0 Å². The molecular formula is C41H38N4O4. The van der Waals surface area contributed by atoms with Gasteiger partial charge >= 0.3 is 5.97 Å². The first-order chi connectivity index (χ1) is 23.9. The van der Waals surface area contributed by atoms with Crippen molar-refractivity contribution in [3.8, 4) is 0 Å². The first kappa shape index (κ1) is 32.9. The Balaban J connectivity index is 1.29. The van der Waals surface area contributed by atoms with Crippen molar-refractivity contribution in [2.24, 2.45) is 0 Å². The first-order valence-electron chi connectivity index (χ1n) is 16.3. The molecule has 2 amide bonds. The number of hydrogen-bond donors (Lipinski definition) is 2. The summed E-state index contributed by atoms with van der Waals surface area (Å²) in [5, 5.41) is 6.40. The molecule has 246 valence electrons. The zero-order chi connectivity index (χ0) is 34.2. The van der Waals surface area contributed by atoms with E-state index in [2.05, 4.69) is 22.8 Å². The van der Waals surface area contributed by atoms with Gasteiger partial charge in [-0.25, -0.2) is 4.79 Å². The predicted molar refractivity (Wildman–Crippen MR) is 195 cm³/mol. The van der Waals surface area contributed by atoms with Crippen LogP contribution in [0.15, 0.2) is 133 Å². The van der Waals surface area contributed by atoms with E-state index < -0.39 is 5.97 Å². The molecule has 0 aliphatic carbocycles. The topological polar surface area (TPSA) is 91.0 Å². The Bertz CT molecular complexity index is 1960. The summed E-state index contributed by atoms with van der Waals surface area (Å²) in [7, 11) is 1.95. The van der Waals surface area contributed by atoms with Crippen LogP contribution in [0.2, 0.25) is 0 Å². The van der Waals surface area contributed by atoms with Gasteiger partial charge in [0.25, 0.3) is 5.91 Å². The predicted octanol–water partition coefficient (Wildman–Crippen LogP) is 7.46. The Morgan fingerprint density at radius 2 is 1.35 bits per heavy atom. The van der Waals surface area contributed by atoms with Crippen LogP contribution in [0.5, 0.6) is 0 Å². The molecule has 0 saturated heterocycles. The quantitative estimate of drug-likeness (QED) is 0.108. The molecule has 1 heterocycles. The van der Waals surface area contributed by atoms with Gasteiger partial charge in [0.2, 0.25) is 5.91 Å². The molecule has 0 fully saturated rings. The molecule has 8 heteroatoms. The highest BCUT2D eigenvalue weighted by Crippen LogP contribution is 2.38. The second kappa shape index (κ2) is 15.3. The Morgan fingerprint density at radius 1 is 0.735 bits per heavy atom. The number of likely N-dealkylation sites (N-methyl/N-ethyl adjacent to an activating group) is 1. The molecular weight excluding hydrogens is 612 g/mol. The van der Waals surface area contributed by atoms with E-state index in [0.717, 1.165) is 28.1 Å². The van der Waals surface area contributed by atoms with Gasteiger partial charge in [0.1, 0.15) is 0 Å². The van der Waals surface area contributed by atoms with Gasteiger partial charge in [-0.3, -0.25) is 14.5 Å². The van der Waals surface area contributed by atoms with Crippen LogP contribution in [0.3, 0.4) is 0 Å². The van der Waals surface area contributed by atoms with Crippen LogP contribution in [0.25, 0.3) is 11.3 Å². The zero-order valence-electron chi connectivity index (χ0n) is 27.6. The fourth-order valence-corrected chi connectivity index (χ4v) is 5.87. The summed E-state index contributed by atoms with van der Waals surface area (Å²) in [5.41, 5.74) is 7.17. The van der Waals surface area contributed by atoms with Gasteiger partial charge in [-0.15, -0.1) is 0 Å². The van der Waals surface area contributed by atoms with Crippen molar-refractivity contribution in [1.29, 1.82) is 0 Å². The van der Waals surface area contributed by atoms with Crippen LogP contribution in [-0.4, -0.2) is 42.9 Å². The smallest absolute Gasteiger partial charge is 0.338 e. The van der Waals surface area contributed by atoms with Crippen LogP contribution in [0.4, 0.5) is 17.1 Å². The van der Waals surface area contributed by atoms with E-state index in [9.17, 15) is 14.4 Å². The molecule has 0 saturated carbocycles. The molecule has 2 N–H and O–H groups in total. The number of amides is 2. The van der Waals surface area contributed by atoms with Gasteiger partial charge in [0.05, 0.1) is 42.2 Å². The summed E-state index contributed by atoms with van der Waals surface area (Å²) in [6.45, 7) is 3.35. The lowest BCUT2D eigenvalue weighted by Crippen LogP contribution is -2.38. The maximum atomic E-state index is 13.8. The van der Waals surface area contributed by atoms with E-state index in [1.54, 1.807) is 30.0 Å². The van der Waals surface area contributed by atoms with Crippen LogP contribution in [-0.2, 0) is 27.4 Å². The minimum atomic E-state index is -0.443. The fourth-order valence-electron chi connectivity index (χ4n) is 5.87. The number of rotatable bonds is 12. The highest BCUT2D eigenvalue weighted by molar-refractivity contribution is 6.37. The molecule has 5 aromatic rings. The Hall–Kier alpha value is -5.99. The van der Waals surface area contributed by atoms with Crippen LogP contribution >= 0.6 is 0 Å². The molecule has 0 atom stereocenters. The lowest BCUT2D eigenvalue weighted by atomic mass is 9.99. The Kier molecular flexibility index (Phi) is 10.3. The maximum Gasteiger partial charge on any atom is 0.338 e. The summed E-state index contributed by atoms with van der Waals surface area (Å²) >= 11 is 0. The van der Waals surface area contributed by atoms with Crippen molar-refractivity contribution in [1.82, 2.24) is 4.90 Å². The van der Waals surface area contributed by atoms with E-state index in [-0.39, 0.29) is 25.0 Å². The number of benzene rings is 5. The van der Waals surface area contributed by atoms with Gasteiger partial charge in [0, 0.05) is 23.5 Å². The highest BCUT2D eigenvalue weighted by Gasteiger charge is 2.29. The number of carbonyl (C=O) groups excluding carboxylic acids is 3. The highest BCUT2D eigenvalue weighted by atomic mass is 16.5. The number of hydrogen-bond acceptors (Lipinski definition) is 6. The molecule has 0 spiro atoms. The normalized spacial score (nSPS) is 13.0. The molecule has 0 unspecified atom stereocenters. The summed E-state index contributed by atoms with van der Waals surface area (Å²) in [4.78, 5) is 43.5. The van der Waals surface area contributed by atoms with Crippen molar-refractivity contribution < 1.29 is 19.1 Å². The third-order valence-corrected chi connectivity index (χ3v) is 8.22. The van der Waals surface area contributed by atoms with Crippen molar-refractivity contribution in [3.05, 3.63) is 161 Å². The largest absolute Gasteiger partial charge is 0.462 e. The second-order valence-corrected chi connectivity index (χ2v) is 11.8. The lowest BCUT2D eigenvalue weighted by molar-refractivity contribution is -0.119. The van der Waals surface area contributed by atoms with Gasteiger partial charge in [0.15, 0.2) is 0 Å². The van der Waals surface area contributed by atoms with Crippen LogP contribution < -0.4 is 15.5 Å². The third-order valence-electron chi connectivity index (χ3n) is 8.22. The summed E-state index contributed by atoms with van der Waals surface area (Å²) in [5.74, 6) is -0.740. The fraction of sp³-hybridized carbons (Fsp3) is 0.146. The van der Waals surface area contributed by atoms with Crippen molar-refractivity contribution >= 4 is 46.1 Å².